The van der Waals surface area contributed by atoms with Gasteiger partial charge in [-0.2, -0.15) is 0 Å². The summed E-state index contributed by atoms with van der Waals surface area (Å²) in [5.41, 5.74) is 2.69. The van der Waals surface area contributed by atoms with E-state index >= 15 is 0 Å². The van der Waals surface area contributed by atoms with Gasteiger partial charge < -0.3 is 29.4 Å². The number of imidazole rings is 1. The number of aromatic hydroxyl groups is 1. The predicted molar refractivity (Wildman–Crippen MR) is 139 cm³/mol. The van der Waals surface area contributed by atoms with Crippen molar-refractivity contribution in [2.75, 3.05) is 21.3 Å². The zero-order valence-electron chi connectivity index (χ0n) is 20.5. The third kappa shape index (κ3) is 5.26. The van der Waals surface area contributed by atoms with Crippen LogP contribution in [0.4, 0.5) is 0 Å². The highest BCUT2D eigenvalue weighted by atomic mass is 16.5. The average Bonchev–Trinajstić information content (AvgIpc) is 3.33. The number of aromatic nitrogens is 2. The minimum Gasteiger partial charge on any atom is -0.504 e. The molecule has 0 radical (unpaired) electrons. The number of hydrogen-bond acceptors (Lipinski definition) is 7. The van der Waals surface area contributed by atoms with Crippen LogP contribution in [0.1, 0.15) is 21.5 Å². The van der Waals surface area contributed by atoms with Gasteiger partial charge in [0.05, 0.1) is 39.3 Å². The van der Waals surface area contributed by atoms with Crippen LogP contribution >= 0.6 is 0 Å². The van der Waals surface area contributed by atoms with Crippen molar-refractivity contribution in [3.05, 3.63) is 94.0 Å². The molecule has 4 aromatic rings. The van der Waals surface area contributed by atoms with Gasteiger partial charge in [-0.3, -0.25) is 9.36 Å². The molecule has 3 aromatic carbocycles. The Hall–Kier alpha value is -4.76. The van der Waals surface area contributed by atoms with Gasteiger partial charge in [0.1, 0.15) is 0 Å². The summed E-state index contributed by atoms with van der Waals surface area (Å²) in [5, 5.41) is 19.5. The van der Waals surface area contributed by atoms with Crippen molar-refractivity contribution in [1.29, 1.82) is 0 Å². The van der Waals surface area contributed by atoms with E-state index in [9.17, 15) is 19.8 Å². The van der Waals surface area contributed by atoms with Crippen molar-refractivity contribution in [2.45, 2.75) is 6.61 Å². The minimum atomic E-state index is -0.378. The van der Waals surface area contributed by atoms with Gasteiger partial charge in [0.15, 0.2) is 28.8 Å². The van der Waals surface area contributed by atoms with Crippen molar-refractivity contribution < 1.29 is 29.2 Å². The number of benzene rings is 3. The number of hydrogen-bond donors (Lipinski definition) is 3. The van der Waals surface area contributed by atoms with E-state index in [1.807, 2.05) is 6.07 Å². The zero-order chi connectivity index (χ0) is 26.5. The first kappa shape index (κ1) is 25.3. The second-order valence-electron chi connectivity index (χ2n) is 8.05. The molecule has 3 N–H and O–H groups in total. The number of aliphatic hydroxyl groups is 1. The maximum Gasteiger partial charge on any atom is 0.330 e. The van der Waals surface area contributed by atoms with E-state index < -0.39 is 0 Å². The Morgan fingerprint density at radius 3 is 2.43 bits per heavy atom. The summed E-state index contributed by atoms with van der Waals surface area (Å²) in [6, 6.07) is 15.1. The summed E-state index contributed by atoms with van der Waals surface area (Å²) in [7, 11) is 4.49. The topological polar surface area (TPSA) is 123 Å². The smallest absolute Gasteiger partial charge is 0.330 e. The number of nitrogens with zero attached hydrogens (tertiary/aromatic N) is 1. The van der Waals surface area contributed by atoms with E-state index in [-0.39, 0.29) is 35.1 Å². The van der Waals surface area contributed by atoms with Gasteiger partial charge in [-0.25, -0.2) is 4.79 Å². The van der Waals surface area contributed by atoms with E-state index in [0.29, 0.717) is 34.0 Å². The molecule has 9 heteroatoms. The van der Waals surface area contributed by atoms with Crippen LogP contribution in [0.3, 0.4) is 0 Å². The molecule has 0 unspecified atom stereocenters. The molecule has 190 valence electrons. The van der Waals surface area contributed by atoms with Gasteiger partial charge in [0.25, 0.3) is 0 Å². The van der Waals surface area contributed by atoms with Gasteiger partial charge in [0.2, 0.25) is 0 Å². The third-order valence-electron chi connectivity index (χ3n) is 5.82. The molecule has 1 aromatic heterocycles. The van der Waals surface area contributed by atoms with Crippen LogP contribution in [0.2, 0.25) is 0 Å². The molecule has 9 nitrogen and oxygen atoms in total. The lowest BCUT2D eigenvalue weighted by Crippen LogP contribution is -2.14. The number of aromatic amines is 1. The first-order valence-corrected chi connectivity index (χ1v) is 11.3. The predicted octanol–water partition coefficient (Wildman–Crippen LogP) is 3.95. The van der Waals surface area contributed by atoms with E-state index in [0.717, 1.165) is 5.56 Å². The number of methoxy groups -OCH3 is 3. The number of carbonyl (C=O) groups excluding carboxylic acids is 1. The Morgan fingerprint density at radius 2 is 1.73 bits per heavy atom. The molecule has 1 heterocycles. The second-order valence-corrected chi connectivity index (χ2v) is 8.05. The Balaban J connectivity index is 1.61. The van der Waals surface area contributed by atoms with Gasteiger partial charge in [0, 0.05) is 22.9 Å². The zero-order valence-corrected chi connectivity index (χ0v) is 20.5. The molecule has 4 rings (SSSR count). The molecule has 0 bridgehead atoms. The summed E-state index contributed by atoms with van der Waals surface area (Å²) in [6.07, 6.45) is 4.59. The van der Waals surface area contributed by atoms with Crippen molar-refractivity contribution >= 4 is 11.9 Å². The lowest BCUT2D eigenvalue weighted by atomic mass is 10.1. The summed E-state index contributed by atoms with van der Waals surface area (Å²) in [4.78, 5) is 28.4. The minimum absolute atomic E-state index is 0.148. The molecule has 0 amide bonds. The fourth-order valence-electron chi connectivity index (χ4n) is 3.88. The van der Waals surface area contributed by atoms with Crippen LogP contribution in [0, 0.1) is 0 Å². The van der Waals surface area contributed by atoms with Crippen LogP contribution in [0.15, 0.2) is 71.7 Å². The van der Waals surface area contributed by atoms with Crippen LogP contribution < -0.4 is 19.9 Å². The SMILES string of the molecule is COc1ccc(-c2cn(-c3cccc(C(=O)/C=C/c4cc(CO)c(O)c(OC)c4)c3)c(=O)[nH]2)cc1OC. The first-order chi connectivity index (χ1) is 17.9. The molecule has 0 aliphatic heterocycles. The summed E-state index contributed by atoms with van der Waals surface area (Å²) in [5.74, 6) is 0.863. The molecular formula is C28H26N2O7. The standard InChI is InChI=1S/C28H26N2O7/c1-35-24-10-8-18(14-25(24)36-2)22-15-30(28(34)29-22)21-6-4-5-19(13-21)23(32)9-7-17-11-20(16-31)27(33)26(12-17)37-3/h4-15,31,33H,16H2,1-3H3,(H,29,34)/b9-7+. The highest BCUT2D eigenvalue weighted by molar-refractivity contribution is 6.07. The van der Waals surface area contributed by atoms with Gasteiger partial charge in [-0.1, -0.05) is 18.2 Å². The fourth-order valence-corrected chi connectivity index (χ4v) is 3.88. The number of H-pyrrole nitrogens is 1. The quantitative estimate of drug-likeness (QED) is 0.234. The molecule has 37 heavy (non-hydrogen) atoms. The highest BCUT2D eigenvalue weighted by Crippen LogP contribution is 2.33. The fraction of sp³-hybridized carbons (Fsp3) is 0.143. The maximum absolute atomic E-state index is 12.9. The van der Waals surface area contributed by atoms with E-state index in [4.69, 9.17) is 14.2 Å². The normalized spacial score (nSPS) is 11.0. The van der Waals surface area contributed by atoms with Crippen molar-refractivity contribution in [3.8, 4) is 39.9 Å². The number of carbonyl (C=O) groups is 1. The summed E-state index contributed by atoms with van der Waals surface area (Å²) in [6.45, 7) is -0.378. The van der Waals surface area contributed by atoms with Crippen LogP contribution in [-0.4, -0.2) is 46.9 Å². The summed E-state index contributed by atoms with van der Waals surface area (Å²) < 4.78 is 17.2. The number of ketones is 1. The third-order valence-corrected chi connectivity index (χ3v) is 5.82. The molecule has 0 fully saturated rings. The maximum atomic E-state index is 12.9. The van der Waals surface area contributed by atoms with E-state index in [1.165, 1.54) is 24.9 Å². The van der Waals surface area contributed by atoms with Crippen molar-refractivity contribution in [1.82, 2.24) is 9.55 Å². The molecule has 0 aliphatic carbocycles. The largest absolute Gasteiger partial charge is 0.504 e. The van der Waals surface area contributed by atoms with Crippen molar-refractivity contribution in [3.63, 3.8) is 0 Å². The number of phenols is 1. The van der Waals surface area contributed by atoms with Gasteiger partial charge in [-0.05, 0) is 54.1 Å². The number of aliphatic hydroxyl groups excluding tert-OH is 1. The van der Waals surface area contributed by atoms with E-state index in [2.05, 4.69) is 4.98 Å². The number of nitrogens with one attached hydrogen (secondary N) is 1. The summed E-state index contributed by atoms with van der Waals surface area (Å²) >= 11 is 0. The average molecular weight is 503 g/mol. The molecule has 0 aliphatic rings. The number of allylic oxidation sites excluding steroid dienone is 1. The van der Waals surface area contributed by atoms with Gasteiger partial charge >= 0.3 is 5.69 Å². The molecule has 0 saturated carbocycles. The first-order valence-electron chi connectivity index (χ1n) is 11.3. The Morgan fingerprint density at radius 1 is 0.973 bits per heavy atom. The van der Waals surface area contributed by atoms with E-state index in [1.54, 1.807) is 67.9 Å². The molecular weight excluding hydrogens is 476 g/mol. The lowest BCUT2D eigenvalue weighted by Gasteiger charge is -2.09. The Bertz CT molecular complexity index is 1510. The second kappa shape index (κ2) is 10.9. The Labute approximate surface area is 212 Å². The van der Waals surface area contributed by atoms with Crippen LogP contribution in [0.5, 0.6) is 23.0 Å². The molecule has 0 spiro atoms. The van der Waals surface area contributed by atoms with Crippen LogP contribution in [0.25, 0.3) is 23.0 Å². The highest BCUT2D eigenvalue weighted by Gasteiger charge is 2.13. The van der Waals surface area contributed by atoms with Crippen LogP contribution in [-0.2, 0) is 6.61 Å². The monoisotopic (exact) mass is 502 g/mol. The van der Waals surface area contributed by atoms with Gasteiger partial charge in [-0.15, -0.1) is 0 Å². The lowest BCUT2D eigenvalue weighted by molar-refractivity contribution is 0.104. The Kier molecular flexibility index (Phi) is 7.45. The van der Waals surface area contributed by atoms with Crippen molar-refractivity contribution in [2.24, 2.45) is 0 Å². The number of ether oxygens (including phenoxy) is 3. The molecule has 0 saturated heterocycles. The molecule has 0 atom stereocenters. The number of rotatable bonds is 9.